The minimum atomic E-state index is -0.351. The van der Waals surface area contributed by atoms with Crippen molar-refractivity contribution in [1.82, 2.24) is 13.7 Å². The van der Waals surface area contributed by atoms with Crippen molar-refractivity contribution in [3.05, 3.63) is 86.2 Å². The van der Waals surface area contributed by atoms with Gasteiger partial charge in [0.15, 0.2) is 0 Å². The van der Waals surface area contributed by atoms with Gasteiger partial charge in [0, 0.05) is 31.0 Å². The van der Waals surface area contributed by atoms with Gasteiger partial charge in [-0.15, -0.1) is 0 Å². The summed E-state index contributed by atoms with van der Waals surface area (Å²) < 4.78 is 4.62. The molecule has 0 radical (unpaired) electrons. The second kappa shape index (κ2) is 7.03. The van der Waals surface area contributed by atoms with Gasteiger partial charge < -0.3 is 4.57 Å². The predicted octanol–water partition coefficient (Wildman–Crippen LogP) is 4.65. The molecule has 0 atom stereocenters. The van der Waals surface area contributed by atoms with Crippen molar-refractivity contribution in [2.75, 3.05) is 0 Å². The van der Waals surface area contributed by atoms with E-state index in [0.717, 1.165) is 21.5 Å². The molecule has 0 amide bonds. The molecule has 0 saturated heterocycles. The van der Waals surface area contributed by atoms with E-state index in [4.69, 9.17) is 11.6 Å². The number of aromatic nitrogens is 3. The number of rotatable bonds is 2. The largest absolute Gasteiger partial charge is 0.330 e. The van der Waals surface area contributed by atoms with Crippen molar-refractivity contribution in [3.8, 4) is 16.9 Å². The average molecular weight is 422 g/mol. The maximum atomic E-state index is 13.1. The molecule has 2 aromatic heterocycles. The highest BCUT2D eigenvalue weighted by Crippen LogP contribution is 2.33. The van der Waals surface area contributed by atoms with Crippen LogP contribution in [0.3, 0.4) is 0 Å². The smallest absolute Gasteiger partial charge is 0.314 e. The van der Waals surface area contributed by atoms with E-state index in [2.05, 4.69) is 32.9 Å². The molecular weight excluding hydrogens is 398 g/mol. The molecule has 0 fully saturated rings. The highest BCUT2D eigenvalue weighted by Gasteiger charge is 2.21. The molecule has 0 unspecified atom stereocenters. The molecule has 0 bridgehead atoms. The zero-order valence-electron chi connectivity index (χ0n) is 17.7. The van der Waals surface area contributed by atoms with Gasteiger partial charge in [-0.25, -0.2) is 4.79 Å². The van der Waals surface area contributed by atoms with Gasteiger partial charge in [-0.3, -0.25) is 13.9 Å². The number of halogens is 1. The first-order valence-corrected chi connectivity index (χ1v) is 10.2. The van der Waals surface area contributed by atoms with Gasteiger partial charge in [0.25, 0.3) is 5.56 Å². The Balaban J connectivity index is 2.10. The molecule has 0 aliphatic rings. The molecule has 4 aromatic rings. The van der Waals surface area contributed by atoms with E-state index in [-0.39, 0.29) is 16.7 Å². The third kappa shape index (κ3) is 3.19. The van der Waals surface area contributed by atoms with Crippen molar-refractivity contribution in [3.63, 3.8) is 0 Å². The number of hydrogen-bond donors (Lipinski definition) is 0. The minimum Gasteiger partial charge on any atom is -0.314 e. The second-order valence-electron chi connectivity index (χ2n) is 8.62. The first-order valence-electron chi connectivity index (χ1n) is 9.77. The first-order chi connectivity index (χ1) is 14.1. The fourth-order valence-corrected chi connectivity index (χ4v) is 3.88. The number of aryl methyl sites for hydroxylation is 1. The number of nitrogens with zero attached hydrogens (tertiary/aromatic N) is 3. The normalized spacial score (nSPS) is 11.9. The van der Waals surface area contributed by atoms with Crippen LogP contribution in [-0.2, 0) is 19.5 Å². The summed E-state index contributed by atoms with van der Waals surface area (Å²) in [5.41, 5.74) is 3.69. The highest BCUT2D eigenvalue weighted by molar-refractivity contribution is 6.30. The summed E-state index contributed by atoms with van der Waals surface area (Å²) in [4.78, 5) is 25.6. The van der Waals surface area contributed by atoms with Gasteiger partial charge >= 0.3 is 5.69 Å². The van der Waals surface area contributed by atoms with E-state index in [1.807, 2.05) is 47.2 Å². The van der Waals surface area contributed by atoms with Crippen molar-refractivity contribution in [1.29, 1.82) is 0 Å². The van der Waals surface area contributed by atoms with Gasteiger partial charge in [0.1, 0.15) is 0 Å². The topological polar surface area (TPSA) is 48.9 Å². The summed E-state index contributed by atoms with van der Waals surface area (Å²) in [6.45, 7) is 6.50. The van der Waals surface area contributed by atoms with E-state index in [9.17, 15) is 9.59 Å². The Hall–Kier alpha value is -3.05. The summed E-state index contributed by atoms with van der Waals surface area (Å²) in [6.07, 6.45) is 1.84. The van der Waals surface area contributed by atoms with Gasteiger partial charge in [-0.2, -0.15) is 0 Å². The molecule has 30 heavy (non-hydrogen) atoms. The van der Waals surface area contributed by atoms with Gasteiger partial charge in [-0.1, -0.05) is 56.6 Å². The average Bonchev–Trinajstić information content (AvgIpc) is 3.11. The standard InChI is InChI=1S/C24H24ClN3O2/c1-24(2,3)16-8-6-15(7-9-16)21-20-19(26(4)23(30)27(5)22(20)29)14-28(21)18-12-10-17(25)11-13-18/h6-14H,1-5H3. The number of fused-ring (bicyclic) bond motifs is 1. The van der Waals surface area contributed by atoms with Crippen molar-refractivity contribution < 1.29 is 0 Å². The Morgan fingerprint density at radius 3 is 2.00 bits per heavy atom. The maximum absolute atomic E-state index is 13.1. The Bertz CT molecular complexity index is 1370. The molecule has 5 nitrogen and oxygen atoms in total. The predicted molar refractivity (Wildman–Crippen MR) is 123 cm³/mol. The van der Waals surface area contributed by atoms with Crippen LogP contribution in [0.25, 0.3) is 27.8 Å². The van der Waals surface area contributed by atoms with Crippen LogP contribution in [0.4, 0.5) is 0 Å². The third-order valence-electron chi connectivity index (χ3n) is 5.57. The molecule has 0 aliphatic carbocycles. The molecule has 0 aliphatic heterocycles. The van der Waals surface area contributed by atoms with Crippen LogP contribution in [0, 0.1) is 0 Å². The molecule has 6 heteroatoms. The second-order valence-corrected chi connectivity index (χ2v) is 9.05. The fourth-order valence-electron chi connectivity index (χ4n) is 3.76. The zero-order valence-corrected chi connectivity index (χ0v) is 18.5. The minimum absolute atomic E-state index is 0.0266. The summed E-state index contributed by atoms with van der Waals surface area (Å²) in [6, 6.07) is 15.7. The molecular formula is C24H24ClN3O2. The van der Waals surface area contributed by atoms with Gasteiger partial charge in [0.05, 0.1) is 16.6 Å². The molecule has 0 N–H and O–H groups in total. The van der Waals surface area contributed by atoms with E-state index < -0.39 is 0 Å². The van der Waals surface area contributed by atoms with E-state index in [1.54, 1.807) is 7.05 Å². The van der Waals surface area contributed by atoms with Crippen LogP contribution in [0.15, 0.2) is 64.3 Å². The van der Waals surface area contributed by atoms with Crippen LogP contribution in [0.5, 0.6) is 0 Å². The number of hydrogen-bond acceptors (Lipinski definition) is 2. The lowest BCUT2D eigenvalue weighted by molar-refractivity contribution is 0.590. The Kier molecular flexibility index (Phi) is 4.74. The third-order valence-corrected chi connectivity index (χ3v) is 5.82. The summed E-state index contributed by atoms with van der Waals surface area (Å²) >= 11 is 6.08. The first kappa shape index (κ1) is 20.2. The Labute approximate surface area is 179 Å². The fraction of sp³-hybridized carbons (Fsp3) is 0.250. The van der Waals surface area contributed by atoms with Crippen molar-refractivity contribution in [2.45, 2.75) is 26.2 Å². The van der Waals surface area contributed by atoms with Crippen LogP contribution < -0.4 is 11.2 Å². The summed E-state index contributed by atoms with van der Waals surface area (Å²) in [5.74, 6) is 0. The zero-order chi connectivity index (χ0) is 21.8. The van der Waals surface area contributed by atoms with Crippen LogP contribution in [-0.4, -0.2) is 13.7 Å². The Morgan fingerprint density at radius 1 is 0.833 bits per heavy atom. The lowest BCUT2D eigenvalue weighted by atomic mass is 9.86. The quantitative estimate of drug-likeness (QED) is 0.473. The molecule has 2 aromatic carbocycles. The maximum Gasteiger partial charge on any atom is 0.330 e. The SMILES string of the molecule is Cn1c(=O)c2c(-c3ccc(C(C)(C)C)cc3)n(-c3ccc(Cl)cc3)cc2n(C)c1=O. The number of benzene rings is 2. The van der Waals surface area contributed by atoms with Crippen molar-refractivity contribution >= 4 is 22.5 Å². The molecule has 0 spiro atoms. The molecule has 4 rings (SSSR count). The lowest BCUT2D eigenvalue weighted by Crippen LogP contribution is -2.36. The van der Waals surface area contributed by atoms with Gasteiger partial charge in [-0.05, 0) is 40.8 Å². The van der Waals surface area contributed by atoms with E-state index >= 15 is 0 Å². The van der Waals surface area contributed by atoms with E-state index in [1.165, 1.54) is 17.2 Å². The van der Waals surface area contributed by atoms with Crippen molar-refractivity contribution in [2.24, 2.45) is 14.1 Å². The van der Waals surface area contributed by atoms with E-state index in [0.29, 0.717) is 15.9 Å². The van der Waals surface area contributed by atoms with Crippen LogP contribution >= 0.6 is 11.6 Å². The van der Waals surface area contributed by atoms with Crippen LogP contribution in [0.2, 0.25) is 5.02 Å². The van der Waals surface area contributed by atoms with Gasteiger partial charge in [0.2, 0.25) is 0 Å². The monoisotopic (exact) mass is 421 g/mol. The molecule has 154 valence electrons. The lowest BCUT2D eigenvalue weighted by Gasteiger charge is -2.19. The summed E-state index contributed by atoms with van der Waals surface area (Å²) in [5, 5.41) is 1.15. The molecule has 0 saturated carbocycles. The summed E-state index contributed by atoms with van der Waals surface area (Å²) in [7, 11) is 3.19. The molecule has 2 heterocycles. The van der Waals surface area contributed by atoms with Crippen LogP contribution in [0.1, 0.15) is 26.3 Å². The Morgan fingerprint density at radius 2 is 1.43 bits per heavy atom. The highest BCUT2D eigenvalue weighted by atomic mass is 35.5.